The van der Waals surface area contributed by atoms with Gasteiger partial charge in [0.25, 0.3) is 5.91 Å². The molecule has 1 saturated heterocycles. The van der Waals surface area contributed by atoms with E-state index in [-0.39, 0.29) is 24.6 Å². The molecule has 1 unspecified atom stereocenters. The Hall–Kier alpha value is -1.34. The number of furan rings is 1. The van der Waals surface area contributed by atoms with Crippen LogP contribution in [0, 0.1) is 0 Å². The van der Waals surface area contributed by atoms with Crippen molar-refractivity contribution >= 4 is 27.7 Å². The number of primary amides is 1. The van der Waals surface area contributed by atoms with Crippen LogP contribution in [0.2, 0.25) is 0 Å². The van der Waals surface area contributed by atoms with E-state index >= 15 is 0 Å². The van der Waals surface area contributed by atoms with Gasteiger partial charge in [-0.1, -0.05) is 0 Å². The number of β-amino-alcohol motifs (C(OH)–C–C–N with tert-alkyl or cyclic N) is 1. The first kappa shape index (κ1) is 14.1. The number of nitrogens with zero attached hydrogens (tertiary/aromatic N) is 1. The number of hydrogen-bond acceptors (Lipinski definition) is 4. The summed E-state index contributed by atoms with van der Waals surface area (Å²) in [5.74, 6) is -0.666. The average molecular weight is 331 g/mol. The SMILES string of the molecule is NC(=O)CC1(O)CCCN(C(=O)c2ccc(Br)o2)C1. The number of carbonyl (C=O) groups excluding carboxylic acids is 2. The fraction of sp³-hybridized carbons (Fsp3) is 0.500. The number of halogens is 1. The molecule has 2 rings (SSSR count). The number of hydrogen-bond donors (Lipinski definition) is 2. The monoisotopic (exact) mass is 330 g/mol. The summed E-state index contributed by atoms with van der Waals surface area (Å²) in [4.78, 5) is 24.6. The summed E-state index contributed by atoms with van der Waals surface area (Å²) in [6, 6.07) is 3.20. The summed E-state index contributed by atoms with van der Waals surface area (Å²) in [6.07, 6.45) is 0.942. The van der Waals surface area contributed by atoms with Crippen LogP contribution in [0.25, 0.3) is 0 Å². The van der Waals surface area contributed by atoms with Gasteiger partial charge in [0.2, 0.25) is 5.91 Å². The van der Waals surface area contributed by atoms with Crippen LogP contribution < -0.4 is 5.73 Å². The van der Waals surface area contributed by atoms with Crippen molar-refractivity contribution in [1.82, 2.24) is 4.90 Å². The molecule has 0 saturated carbocycles. The highest BCUT2D eigenvalue weighted by atomic mass is 79.9. The van der Waals surface area contributed by atoms with Crippen LogP contribution in [0.1, 0.15) is 29.8 Å². The zero-order valence-corrected chi connectivity index (χ0v) is 11.9. The molecule has 1 fully saturated rings. The molecule has 2 amide bonds. The minimum absolute atomic E-state index is 0.0904. The molecule has 1 aliphatic heterocycles. The largest absolute Gasteiger partial charge is 0.444 e. The van der Waals surface area contributed by atoms with Crippen molar-refractivity contribution in [2.24, 2.45) is 5.73 Å². The minimum atomic E-state index is -1.23. The lowest BCUT2D eigenvalue weighted by molar-refractivity contribution is -0.125. The van der Waals surface area contributed by atoms with Crippen molar-refractivity contribution in [3.05, 3.63) is 22.6 Å². The van der Waals surface area contributed by atoms with Gasteiger partial charge in [0.15, 0.2) is 10.4 Å². The molecular weight excluding hydrogens is 316 g/mol. The molecule has 104 valence electrons. The molecule has 0 spiro atoms. The van der Waals surface area contributed by atoms with E-state index in [0.29, 0.717) is 24.1 Å². The summed E-state index contributed by atoms with van der Waals surface area (Å²) in [5, 5.41) is 10.3. The van der Waals surface area contributed by atoms with Crippen LogP contribution in [0.3, 0.4) is 0 Å². The maximum Gasteiger partial charge on any atom is 0.289 e. The van der Waals surface area contributed by atoms with Crippen molar-refractivity contribution in [2.75, 3.05) is 13.1 Å². The van der Waals surface area contributed by atoms with Gasteiger partial charge in [-0.3, -0.25) is 9.59 Å². The van der Waals surface area contributed by atoms with Crippen LogP contribution in [-0.2, 0) is 4.79 Å². The number of carbonyl (C=O) groups is 2. The number of nitrogens with two attached hydrogens (primary N) is 1. The smallest absolute Gasteiger partial charge is 0.289 e. The summed E-state index contributed by atoms with van der Waals surface area (Å²) in [7, 11) is 0. The summed E-state index contributed by atoms with van der Waals surface area (Å²) < 4.78 is 5.67. The number of likely N-dealkylation sites (tertiary alicyclic amines) is 1. The van der Waals surface area contributed by atoms with Crippen LogP contribution in [0.4, 0.5) is 0 Å². The zero-order valence-electron chi connectivity index (χ0n) is 10.3. The Bertz CT molecular complexity index is 502. The first-order valence-electron chi connectivity index (χ1n) is 5.95. The van der Waals surface area contributed by atoms with Gasteiger partial charge in [-0.25, -0.2) is 0 Å². The van der Waals surface area contributed by atoms with Gasteiger partial charge >= 0.3 is 0 Å². The van der Waals surface area contributed by atoms with Gasteiger partial charge in [-0.15, -0.1) is 0 Å². The van der Waals surface area contributed by atoms with Gasteiger partial charge in [-0.2, -0.15) is 0 Å². The highest BCUT2D eigenvalue weighted by molar-refractivity contribution is 9.10. The molecule has 0 aliphatic carbocycles. The number of rotatable bonds is 3. The summed E-state index contributed by atoms with van der Waals surface area (Å²) in [5.41, 5.74) is 3.88. The van der Waals surface area contributed by atoms with Crippen LogP contribution in [-0.4, -0.2) is 40.5 Å². The topological polar surface area (TPSA) is 96.8 Å². The molecular formula is C12H15BrN2O4. The Balaban J connectivity index is 2.09. The quantitative estimate of drug-likeness (QED) is 0.859. The fourth-order valence-corrected chi connectivity index (χ4v) is 2.65. The van der Waals surface area contributed by atoms with Crippen molar-refractivity contribution in [2.45, 2.75) is 24.9 Å². The Morgan fingerprint density at radius 1 is 1.53 bits per heavy atom. The first-order chi connectivity index (χ1) is 8.89. The Labute approximate surface area is 118 Å². The second kappa shape index (κ2) is 5.34. The van der Waals surface area contributed by atoms with Gasteiger partial charge in [0.05, 0.1) is 18.6 Å². The van der Waals surface area contributed by atoms with E-state index in [4.69, 9.17) is 10.2 Å². The summed E-state index contributed by atoms with van der Waals surface area (Å²) >= 11 is 3.13. The predicted molar refractivity (Wildman–Crippen MR) is 70.3 cm³/mol. The van der Waals surface area contributed by atoms with E-state index < -0.39 is 11.5 Å². The lowest BCUT2D eigenvalue weighted by Gasteiger charge is -2.38. The van der Waals surface area contributed by atoms with Gasteiger partial charge in [0.1, 0.15) is 0 Å². The van der Waals surface area contributed by atoms with Crippen LogP contribution >= 0.6 is 15.9 Å². The molecule has 3 N–H and O–H groups in total. The van der Waals surface area contributed by atoms with E-state index in [2.05, 4.69) is 15.9 Å². The van der Waals surface area contributed by atoms with Crippen molar-refractivity contribution in [3.8, 4) is 0 Å². The Morgan fingerprint density at radius 3 is 2.84 bits per heavy atom. The van der Waals surface area contributed by atoms with Gasteiger partial charge < -0.3 is 20.2 Å². The second-order valence-electron chi connectivity index (χ2n) is 4.80. The number of aliphatic hydroxyl groups is 1. The molecule has 0 bridgehead atoms. The number of piperidine rings is 1. The standard InChI is InChI=1S/C12H15BrN2O4/c13-9-3-2-8(19-9)11(17)15-5-1-4-12(18,7-15)6-10(14)16/h2-3,18H,1,4-7H2,(H2,14,16). The van der Waals surface area contributed by atoms with Gasteiger partial charge in [-0.05, 0) is 40.9 Å². The lowest BCUT2D eigenvalue weighted by Crippen LogP contribution is -2.51. The number of amides is 2. The third-order valence-electron chi connectivity index (χ3n) is 3.13. The van der Waals surface area contributed by atoms with E-state index in [0.717, 1.165) is 0 Å². The molecule has 1 aromatic rings. The average Bonchev–Trinajstić information content (AvgIpc) is 2.73. The molecule has 0 radical (unpaired) electrons. The van der Waals surface area contributed by atoms with Crippen molar-refractivity contribution in [1.29, 1.82) is 0 Å². The van der Waals surface area contributed by atoms with Crippen LogP contribution in [0.15, 0.2) is 21.2 Å². The molecule has 1 aromatic heterocycles. The zero-order chi connectivity index (χ0) is 14.0. The van der Waals surface area contributed by atoms with E-state index in [1.807, 2.05) is 0 Å². The van der Waals surface area contributed by atoms with E-state index in [1.165, 1.54) is 4.90 Å². The Morgan fingerprint density at radius 2 is 2.26 bits per heavy atom. The van der Waals surface area contributed by atoms with Gasteiger partial charge in [0, 0.05) is 6.54 Å². The maximum atomic E-state index is 12.2. The molecule has 1 atom stereocenters. The molecule has 19 heavy (non-hydrogen) atoms. The van der Waals surface area contributed by atoms with Crippen molar-refractivity contribution in [3.63, 3.8) is 0 Å². The molecule has 7 heteroatoms. The Kier molecular flexibility index (Phi) is 3.96. The van der Waals surface area contributed by atoms with Crippen LogP contribution in [0.5, 0.6) is 0 Å². The minimum Gasteiger partial charge on any atom is -0.444 e. The lowest BCUT2D eigenvalue weighted by atomic mass is 9.89. The van der Waals surface area contributed by atoms with E-state index in [1.54, 1.807) is 12.1 Å². The normalized spacial score (nSPS) is 23.4. The maximum absolute atomic E-state index is 12.2. The third kappa shape index (κ3) is 3.36. The molecule has 6 nitrogen and oxygen atoms in total. The second-order valence-corrected chi connectivity index (χ2v) is 5.58. The highest BCUT2D eigenvalue weighted by Gasteiger charge is 2.37. The predicted octanol–water partition coefficient (Wildman–Crippen LogP) is 0.885. The third-order valence-corrected chi connectivity index (χ3v) is 3.56. The molecule has 2 heterocycles. The highest BCUT2D eigenvalue weighted by Crippen LogP contribution is 2.26. The fourth-order valence-electron chi connectivity index (χ4n) is 2.34. The first-order valence-corrected chi connectivity index (χ1v) is 6.74. The molecule has 1 aliphatic rings. The van der Waals surface area contributed by atoms with E-state index in [9.17, 15) is 14.7 Å². The molecule has 0 aromatic carbocycles. The summed E-state index contributed by atoms with van der Waals surface area (Å²) in [6.45, 7) is 0.616. The van der Waals surface area contributed by atoms with Crippen molar-refractivity contribution < 1.29 is 19.1 Å².